The van der Waals surface area contributed by atoms with Gasteiger partial charge >= 0.3 is 5.97 Å². The van der Waals surface area contributed by atoms with E-state index in [0.29, 0.717) is 29.2 Å². The van der Waals surface area contributed by atoms with Crippen LogP contribution in [-0.2, 0) is 9.53 Å². The highest BCUT2D eigenvalue weighted by Gasteiger charge is 2.18. The molecule has 0 aromatic heterocycles. The molecule has 176 valence electrons. The van der Waals surface area contributed by atoms with Crippen molar-refractivity contribution in [1.29, 1.82) is 0 Å². The SMILES string of the molecule is CCCCOC(=O)c1cccc(NC(=O)c2ccccc2OCC(=O)N2CCCCCC2)c1. The Morgan fingerprint density at radius 3 is 2.48 bits per heavy atom. The van der Waals surface area contributed by atoms with Gasteiger partial charge in [-0.25, -0.2) is 4.79 Å². The topological polar surface area (TPSA) is 84.9 Å². The van der Waals surface area contributed by atoms with Crippen molar-refractivity contribution >= 4 is 23.5 Å². The third-order valence-corrected chi connectivity index (χ3v) is 5.53. The molecule has 0 saturated carbocycles. The zero-order chi connectivity index (χ0) is 23.5. The van der Waals surface area contributed by atoms with E-state index in [2.05, 4.69) is 5.32 Å². The molecule has 1 heterocycles. The smallest absolute Gasteiger partial charge is 0.338 e. The highest BCUT2D eigenvalue weighted by molar-refractivity contribution is 6.06. The first-order valence-corrected chi connectivity index (χ1v) is 11.7. The van der Waals surface area contributed by atoms with Crippen molar-refractivity contribution in [2.45, 2.75) is 45.4 Å². The lowest BCUT2D eigenvalue weighted by molar-refractivity contribution is -0.133. The van der Waals surface area contributed by atoms with E-state index in [-0.39, 0.29) is 18.4 Å². The Hall–Kier alpha value is -3.35. The number of unbranched alkanes of at least 4 members (excludes halogenated alkanes) is 1. The Morgan fingerprint density at radius 1 is 0.970 bits per heavy atom. The number of amides is 2. The van der Waals surface area contributed by atoms with E-state index in [0.717, 1.165) is 51.6 Å². The summed E-state index contributed by atoms with van der Waals surface area (Å²) in [6.45, 7) is 3.79. The number of likely N-dealkylation sites (tertiary alicyclic amines) is 1. The third-order valence-electron chi connectivity index (χ3n) is 5.53. The fourth-order valence-electron chi connectivity index (χ4n) is 3.65. The molecule has 1 aliphatic rings. The van der Waals surface area contributed by atoms with Gasteiger partial charge < -0.3 is 19.7 Å². The quantitative estimate of drug-likeness (QED) is 0.441. The van der Waals surface area contributed by atoms with E-state index in [4.69, 9.17) is 9.47 Å². The average molecular weight is 453 g/mol. The summed E-state index contributed by atoms with van der Waals surface area (Å²) in [6, 6.07) is 13.4. The van der Waals surface area contributed by atoms with E-state index in [9.17, 15) is 14.4 Å². The van der Waals surface area contributed by atoms with E-state index in [1.165, 1.54) is 0 Å². The van der Waals surface area contributed by atoms with Gasteiger partial charge in [-0.3, -0.25) is 9.59 Å². The number of hydrogen-bond acceptors (Lipinski definition) is 5. The van der Waals surface area contributed by atoms with E-state index < -0.39 is 5.97 Å². The maximum absolute atomic E-state index is 12.9. The molecule has 0 bridgehead atoms. The Morgan fingerprint density at radius 2 is 1.73 bits per heavy atom. The molecule has 3 rings (SSSR count). The molecule has 1 saturated heterocycles. The lowest BCUT2D eigenvalue weighted by Gasteiger charge is -2.20. The van der Waals surface area contributed by atoms with Gasteiger partial charge in [0.15, 0.2) is 6.61 Å². The molecule has 0 spiro atoms. The van der Waals surface area contributed by atoms with Gasteiger partial charge in [0, 0.05) is 18.8 Å². The second-order valence-electron chi connectivity index (χ2n) is 8.10. The molecule has 0 radical (unpaired) electrons. The molecule has 0 atom stereocenters. The van der Waals surface area contributed by atoms with E-state index in [1.807, 2.05) is 11.8 Å². The van der Waals surface area contributed by atoms with Crippen LogP contribution in [0, 0.1) is 0 Å². The molecular weight excluding hydrogens is 420 g/mol. The highest BCUT2D eigenvalue weighted by atomic mass is 16.5. The van der Waals surface area contributed by atoms with Crippen LogP contribution in [0.4, 0.5) is 5.69 Å². The molecule has 1 N–H and O–H groups in total. The predicted octanol–water partition coefficient (Wildman–Crippen LogP) is 4.68. The third kappa shape index (κ3) is 7.34. The summed E-state index contributed by atoms with van der Waals surface area (Å²) < 4.78 is 11.0. The molecule has 1 fully saturated rings. The Labute approximate surface area is 195 Å². The number of carbonyl (C=O) groups is 3. The van der Waals surface area contributed by atoms with Crippen molar-refractivity contribution in [3.8, 4) is 5.75 Å². The fourth-order valence-corrected chi connectivity index (χ4v) is 3.65. The van der Waals surface area contributed by atoms with Crippen LogP contribution < -0.4 is 10.1 Å². The number of esters is 1. The van der Waals surface area contributed by atoms with Gasteiger partial charge in [-0.1, -0.05) is 44.4 Å². The van der Waals surface area contributed by atoms with Crippen molar-refractivity contribution in [2.75, 3.05) is 31.6 Å². The second kappa shape index (κ2) is 12.6. The summed E-state index contributed by atoms with van der Waals surface area (Å²) in [4.78, 5) is 39.5. The summed E-state index contributed by atoms with van der Waals surface area (Å²) >= 11 is 0. The Bertz CT molecular complexity index is 951. The van der Waals surface area contributed by atoms with Crippen molar-refractivity contribution in [1.82, 2.24) is 4.90 Å². The van der Waals surface area contributed by atoms with E-state index in [1.54, 1.807) is 48.5 Å². The number of nitrogens with one attached hydrogen (secondary N) is 1. The first kappa shape index (κ1) is 24.3. The zero-order valence-electron chi connectivity index (χ0n) is 19.2. The fraction of sp³-hybridized carbons (Fsp3) is 0.423. The van der Waals surface area contributed by atoms with Crippen molar-refractivity contribution in [3.63, 3.8) is 0 Å². The van der Waals surface area contributed by atoms with Crippen LogP contribution in [0.25, 0.3) is 0 Å². The molecule has 33 heavy (non-hydrogen) atoms. The van der Waals surface area contributed by atoms with Gasteiger partial charge in [0.1, 0.15) is 5.75 Å². The number of hydrogen-bond donors (Lipinski definition) is 1. The predicted molar refractivity (Wildman–Crippen MR) is 127 cm³/mol. The second-order valence-corrected chi connectivity index (χ2v) is 8.10. The molecule has 7 nitrogen and oxygen atoms in total. The van der Waals surface area contributed by atoms with Crippen LogP contribution >= 0.6 is 0 Å². The summed E-state index contributed by atoms with van der Waals surface area (Å²) in [5.74, 6) is -0.533. The molecule has 2 amide bonds. The minimum Gasteiger partial charge on any atom is -0.483 e. The molecule has 7 heteroatoms. The van der Waals surface area contributed by atoms with E-state index >= 15 is 0 Å². The number of benzene rings is 2. The standard InChI is InChI=1S/C26H32N2O5/c1-2-3-17-32-26(31)20-11-10-12-21(18-20)27-25(30)22-13-6-7-14-23(22)33-19-24(29)28-15-8-4-5-9-16-28/h6-7,10-14,18H,2-5,8-9,15-17,19H2,1H3,(H,27,30). The van der Waals surface area contributed by atoms with Gasteiger partial charge in [0.05, 0.1) is 17.7 Å². The van der Waals surface area contributed by atoms with Crippen LogP contribution in [0.1, 0.15) is 66.2 Å². The Balaban J connectivity index is 1.62. The molecule has 0 aliphatic carbocycles. The number of nitrogens with zero attached hydrogens (tertiary/aromatic N) is 1. The summed E-state index contributed by atoms with van der Waals surface area (Å²) in [6.07, 6.45) is 6.05. The number of rotatable bonds is 9. The lowest BCUT2D eigenvalue weighted by Crippen LogP contribution is -2.35. The van der Waals surface area contributed by atoms with Gasteiger partial charge in [0.25, 0.3) is 11.8 Å². The van der Waals surface area contributed by atoms with Crippen molar-refractivity contribution < 1.29 is 23.9 Å². The largest absolute Gasteiger partial charge is 0.483 e. The molecular formula is C26H32N2O5. The van der Waals surface area contributed by atoms with Crippen LogP contribution in [0.2, 0.25) is 0 Å². The normalized spacial score (nSPS) is 13.7. The minimum absolute atomic E-state index is 0.0682. The molecule has 2 aromatic carbocycles. The van der Waals surface area contributed by atoms with Crippen molar-refractivity contribution in [3.05, 3.63) is 59.7 Å². The van der Waals surface area contributed by atoms with Crippen LogP contribution in [-0.4, -0.2) is 49.0 Å². The minimum atomic E-state index is -0.421. The van der Waals surface area contributed by atoms with Crippen LogP contribution in [0.5, 0.6) is 5.75 Å². The first-order chi connectivity index (χ1) is 16.1. The maximum Gasteiger partial charge on any atom is 0.338 e. The summed E-state index contributed by atoms with van der Waals surface area (Å²) in [5, 5.41) is 2.80. The summed E-state index contributed by atoms with van der Waals surface area (Å²) in [7, 11) is 0. The van der Waals surface area contributed by atoms with Gasteiger partial charge in [0.2, 0.25) is 0 Å². The Kier molecular flexibility index (Phi) is 9.30. The number of ether oxygens (including phenoxy) is 2. The van der Waals surface area contributed by atoms with Gasteiger partial charge in [-0.15, -0.1) is 0 Å². The lowest BCUT2D eigenvalue weighted by atomic mass is 10.1. The van der Waals surface area contributed by atoms with Crippen LogP contribution in [0.15, 0.2) is 48.5 Å². The summed E-state index contributed by atoms with van der Waals surface area (Å²) in [5.41, 5.74) is 1.16. The van der Waals surface area contributed by atoms with Gasteiger partial charge in [-0.2, -0.15) is 0 Å². The monoisotopic (exact) mass is 452 g/mol. The molecule has 0 unspecified atom stereocenters. The zero-order valence-corrected chi connectivity index (χ0v) is 19.2. The average Bonchev–Trinajstić information content (AvgIpc) is 3.13. The van der Waals surface area contributed by atoms with Crippen molar-refractivity contribution in [2.24, 2.45) is 0 Å². The van der Waals surface area contributed by atoms with Crippen LogP contribution in [0.3, 0.4) is 0 Å². The first-order valence-electron chi connectivity index (χ1n) is 11.7. The molecule has 2 aromatic rings. The maximum atomic E-state index is 12.9. The number of anilines is 1. The molecule has 1 aliphatic heterocycles. The number of carbonyl (C=O) groups excluding carboxylic acids is 3. The van der Waals surface area contributed by atoms with Gasteiger partial charge in [-0.05, 0) is 49.6 Å². The highest BCUT2D eigenvalue weighted by Crippen LogP contribution is 2.21. The number of para-hydroxylation sites is 1.